The van der Waals surface area contributed by atoms with Crippen LogP contribution in [0, 0.1) is 0 Å². The van der Waals surface area contributed by atoms with Crippen molar-refractivity contribution in [2.24, 2.45) is 4.99 Å². The Hall–Kier alpha value is -0.880. The molecule has 0 spiro atoms. The molecule has 27 heavy (non-hydrogen) atoms. The average molecular weight is 528 g/mol. The molecule has 7 nitrogen and oxygen atoms in total. The number of carbonyl (C=O) groups is 1. The van der Waals surface area contributed by atoms with E-state index in [0.29, 0.717) is 31.4 Å². The number of thiophene rings is 1. The zero-order valence-electron chi connectivity index (χ0n) is 15.7. The minimum absolute atomic E-state index is 0. The molecular weight excluding hydrogens is 499 g/mol. The number of carbonyl (C=O) groups excluding carboxylic acids is 1. The number of hydrogen-bond donors (Lipinski definition) is 3. The Morgan fingerprint density at radius 1 is 1.41 bits per heavy atom. The van der Waals surface area contributed by atoms with Crippen molar-refractivity contribution < 1.29 is 13.2 Å². The molecule has 0 saturated carbocycles. The highest BCUT2D eigenvalue weighted by atomic mass is 127. The van der Waals surface area contributed by atoms with Gasteiger partial charge in [0.1, 0.15) is 0 Å². The van der Waals surface area contributed by atoms with Crippen molar-refractivity contribution in [3.63, 3.8) is 0 Å². The number of guanidine groups is 1. The molecule has 1 aliphatic heterocycles. The Morgan fingerprint density at radius 2 is 2.19 bits per heavy atom. The second kappa shape index (κ2) is 11.8. The molecule has 10 heteroatoms. The van der Waals surface area contributed by atoms with Crippen molar-refractivity contribution in [1.29, 1.82) is 0 Å². The Kier molecular flexibility index (Phi) is 10.6. The molecule has 0 bridgehead atoms. The number of halogens is 1. The SMILES string of the molecule is CCNC(=NCC(C)c1ccsc1)NCCC(=O)NC1CCS(=O)(=O)C1.I. The monoisotopic (exact) mass is 528 g/mol. The Balaban J connectivity index is 0.00000364. The van der Waals surface area contributed by atoms with Gasteiger partial charge in [-0.1, -0.05) is 6.92 Å². The molecule has 2 rings (SSSR count). The van der Waals surface area contributed by atoms with E-state index in [1.807, 2.05) is 6.92 Å². The number of nitrogens with one attached hydrogen (secondary N) is 3. The molecule has 1 saturated heterocycles. The lowest BCUT2D eigenvalue weighted by atomic mass is 10.1. The molecule has 0 radical (unpaired) electrons. The van der Waals surface area contributed by atoms with Gasteiger partial charge in [0, 0.05) is 38.0 Å². The summed E-state index contributed by atoms with van der Waals surface area (Å²) in [4.78, 5) is 16.5. The maximum absolute atomic E-state index is 12.0. The van der Waals surface area contributed by atoms with Gasteiger partial charge in [-0.3, -0.25) is 9.79 Å². The number of rotatable bonds is 8. The zero-order valence-corrected chi connectivity index (χ0v) is 19.7. The minimum Gasteiger partial charge on any atom is -0.357 e. The van der Waals surface area contributed by atoms with E-state index in [1.54, 1.807) is 11.3 Å². The normalized spacial score (nSPS) is 19.8. The molecule has 1 amide bonds. The highest BCUT2D eigenvalue weighted by molar-refractivity contribution is 14.0. The summed E-state index contributed by atoms with van der Waals surface area (Å²) in [5.41, 5.74) is 1.28. The van der Waals surface area contributed by atoms with Gasteiger partial charge in [0.15, 0.2) is 15.8 Å². The summed E-state index contributed by atoms with van der Waals surface area (Å²) >= 11 is 1.68. The topological polar surface area (TPSA) is 99.7 Å². The highest BCUT2D eigenvalue weighted by Gasteiger charge is 2.28. The fourth-order valence-electron chi connectivity index (χ4n) is 2.73. The van der Waals surface area contributed by atoms with Crippen LogP contribution in [0.5, 0.6) is 0 Å². The fraction of sp³-hybridized carbons (Fsp3) is 0.647. The van der Waals surface area contributed by atoms with Crippen LogP contribution in [0.1, 0.15) is 38.2 Å². The number of amides is 1. The van der Waals surface area contributed by atoms with E-state index in [-0.39, 0.29) is 53.9 Å². The van der Waals surface area contributed by atoms with E-state index >= 15 is 0 Å². The van der Waals surface area contributed by atoms with E-state index < -0.39 is 9.84 Å². The van der Waals surface area contributed by atoms with Gasteiger partial charge in [-0.25, -0.2) is 8.42 Å². The van der Waals surface area contributed by atoms with Crippen molar-refractivity contribution in [3.05, 3.63) is 22.4 Å². The maximum Gasteiger partial charge on any atom is 0.222 e. The van der Waals surface area contributed by atoms with Gasteiger partial charge in [-0.15, -0.1) is 24.0 Å². The van der Waals surface area contributed by atoms with Crippen molar-refractivity contribution in [3.8, 4) is 0 Å². The third kappa shape index (κ3) is 8.77. The summed E-state index contributed by atoms with van der Waals surface area (Å²) in [5.74, 6) is 1.10. The highest BCUT2D eigenvalue weighted by Crippen LogP contribution is 2.18. The molecule has 1 fully saturated rings. The standard InChI is InChI=1S/C17H28N4O3S2.HI/c1-3-18-17(20-10-13(2)14-5-8-25-11-14)19-7-4-16(22)21-15-6-9-26(23,24)12-15;/h5,8,11,13,15H,3-4,6-7,9-10,12H2,1-2H3,(H,21,22)(H2,18,19,20);1H. The van der Waals surface area contributed by atoms with Crippen molar-refractivity contribution in [2.45, 2.75) is 38.6 Å². The van der Waals surface area contributed by atoms with Crippen molar-refractivity contribution in [1.82, 2.24) is 16.0 Å². The smallest absolute Gasteiger partial charge is 0.222 e. The zero-order chi connectivity index (χ0) is 19.0. The van der Waals surface area contributed by atoms with Gasteiger partial charge < -0.3 is 16.0 Å². The van der Waals surface area contributed by atoms with Gasteiger partial charge in [-0.05, 0) is 35.7 Å². The molecule has 2 heterocycles. The molecule has 0 aliphatic carbocycles. The van der Waals surface area contributed by atoms with Gasteiger partial charge in [-0.2, -0.15) is 11.3 Å². The number of sulfone groups is 1. The average Bonchev–Trinajstić information content (AvgIpc) is 3.22. The first kappa shape index (κ1) is 24.2. The first-order chi connectivity index (χ1) is 12.4. The molecule has 154 valence electrons. The summed E-state index contributed by atoms with van der Waals surface area (Å²) in [5, 5.41) is 13.3. The summed E-state index contributed by atoms with van der Waals surface area (Å²) in [6.07, 6.45) is 0.785. The van der Waals surface area contributed by atoms with E-state index in [2.05, 4.69) is 44.7 Å². The number of hydrogen-bond acceptors (Lipinski definition) is 5. The second-order valence-electron chi connectivity index (χ2n) is 6.52. The van der Waals surface area contributed by atoms with Crippen LogP contribution in [0.4, 0.5) is 0 Å². The quantitative estimate of drug-likeness (QED) is 0.271. The van der Waals surface area contributed by atoms with Crippen molar-refractivity contribution in [2.75, 3.05) is 31.1 Å². The largest absolute Gasteiger partial charge is 0.357 e. The first-order valence-corrected chi connectivity index (χ1v) is 11.7. The molecular formula is C17H29IN4O3S2. The van der Waals surface area contributed by atoms with Crippen LogP contribution in [0.25, 0.3) is 0 Å². The summed E-state index contributed by atoms with van der Waals surface area (Å²) < 4.78 is 22.8. The van der Waals surface area contributed by atoms with Gasteiger partial charge in [0.2, 0.25) is 5.91 Å². The van der Waals surface area contributed by atoms with E-state index in [1.165, 1.54) is 5.56 Å². The molecule has 2 unspecified atom stereocenters. The summed E-state index contributed by atoms with van der Waals surface area (Å²) in [6, 6.07) is 1.86. The van der Waals surface area contributed by atoms with Gasteiger partial charge in [0.05, 0.1) is 11.5 Å². The summed E-state index contributed by atoms with van der Waals surface area (Å²) in [6.45, 7) is 5.98. The molecule has 0 aromatic carbocycles. The lowest BCUT2D eigenvalue weighted by Gasteiger charge is -2.14. The van der Waals surface area contributed by atoms with Crippen LogP contribution in [0.3, 0.4) is 0 Å². The number of aliphatic imine (C=N–C) groups is 1. The minimum atomic E-state index is -2.98. The molecule has 3 N–H and O–H groups in total. The van der Waals surface area contributed by atoms with Gasteiger partial charge in [0.25, 0.3) is 0 Å². The van der Waals surface area contributed by atoms with E-state index in [0.717, 1.165) is 6.54 Å². The third-order valence-corrected chi connectivity index (χ3v) is 6.69. The second-order valence-corrected chi connectivity index (χ2v) is 9.53. The fourth-order valence-corrected chi connectivity index (χ4v) is 5.19. The van der Waals surface area contributed by atoms with Crippen LogP contribution in [0.15, 0.2) is 21.8 Å². The van der Waals surface area contributed by atoms with Crippen LogP contribution in [-0.2, 0) is 14.6 Å². The third-order valence-electron chi connectivity index (χ3n) is 4.22. The van der Waals surface area contributed by atoms with Crippen LogP contribution >= 0.6 is 35.3 Å². The van der Waals surface area contributed by atoms with Crippen LogP contribution in [0.2, 0.25) is 0 Å². The van der Waals surface area contributed by atoms with Crippen molar-refractivity contribution >= 4 is 57.0 Å². The predicted octanol–water partition coefficient (Wildman–Crippen LogP) is 1.72. The lowest BCUT2D eigenvalue weighted by molar-refractivity contribution is -0.121. The maximum atomic E-state index is 12.0. The Morgan fingerprint density at radius 3 is 2.78 bits per heavy atom. The molecule has 1 aromatic heterocycles. The Labute approximate surface area is 182 Å². The summed E-state index contributed by atoms with van der Waals surface area (Å²) in [7, 11) is -2.98. The Bertz CT molecular complexity index is 708. The molecule has 2 atom stereocenters. The van der Waals surface area contributed by atoms with E-state index in [4.69, 9.17) is 0 Å². The van der Waals surface area contributed by atoms with Crippen LogP contribution in [-0.4, -0.2) is 57.5 Å². The first-order valence-electron chi connectivity index (χ1n) is 8.93. The number of nitrogens with zero attached hydrogens (tertiary/aromatic N) is 1. The molecule has 1 aromatic rings. The van der Waals surface area contributed by atoms with Crippen LogP contribution < -0.4 is 16.0 Å². The van der Waals surface area contributed by atoms with E-state index in [9.17, 15) is 13.2 Å². The van der Waals surface area contributed by atoms with Gasteiger partial charge >= 0.3 is 0 Å². The predicted molar refractivity (Wildman–Crippen MR) is 122 cm³/mol. The lowest BCUT2D eigenvalue weighted by Crippen LogP contribution is -2.41. The molecule has 1 aliphatic rings.